The van der Waals surface area contributed by atoms with Crippen molar-refractivity contribution in [2.75, 3.05) is 19.6 Å². The number of hydrogen-bond donors (Lipinski definition) is 1. The van der Waals surface area contributed by atoms with Crippen LogP contribution in [0.4, 0.5) is 0 Å². The zero-order chi connectivity index (χ0) is 15.7. The molecule has 4 nitrogen and oxygen atoms in total. The summed E-state index contributed by atoms with van der Waals surface area (Å²) in [5, 5.41) is 0. The van der Waals surface area contributed by atoms with Crippen LogP contribution in [0.3, 0.4) is 0 Å². The van der Waals surface area contributed by atoms with E-state index in [4.69, 9.17) is 10.5 Å². The van der Waals surface area contributed by atoms with Gasteiger partial charge < -0.3 is 15.4 Å². The zero-order valence-corrected chi connectivity index (χ0v) is 14.2. The fraction of sp³-hybridized carbons (Fsp3) is 0.941. The highest BCUT2D eigenvalue weighted by Crippen LogP contribution is 2.45. The van der Waals surface area contributed by atoms with Crippen molar-refractivity contribution in [3.05, 3.63) is 0 Å². The first-order valence-corrected chi connectivity index (χ1v) is 8.45. The van der Waals surface area contributed by atoms with E-state index in [1.54, 1.807) is 0 Å². The normalized spacial score (nSPS) is 28.1. The molecule has 2 rings (SSSR count). The molecule has 1 heterocycles. The van der Waals surface area contributed by atoms with E-state index in [-0.39, 0.29) is 17.1 Å². The van der Waals surface area contributed by atoms with Gasteiger partial charge in [0, 0.05) is 25.0 Å². The van der Waals surface area contributed by atoms with Crippen LogP contribution in [0.1, 0.15) is 59.8 Å². The van der Waals surface area contributed by atoms with E-state index in [2.05, 4.69) is 27.7 Å². The molecule has 1 atom stereocenters. The van der Waals surface area contributed by atoms with E-state index in [1.807, 2.05) is 4.90 Å². The van der Waals surface area contributed by atoms with E-state index in [9.17, 15) is 4.79 Å². The van der Waals surface area contributed by atoms with Crippen LogP contribution in [-0.4, -0.2) is 42.1 Å². The van der Waals surface area contributed by atoms with Crippen LogP contribution >= 0.6 is 0 Å². The van der Waals surface area contributed by atoms with Crippen LogP contribution in [0.2, 0.25) is 0 Å². The third-order valence-corrected chi connectivity index (χ3v) is 4.84. The topological polar surface area (TPSA) is 55.6 Å². The van der Waals surface area contributed by atoms with Gasteiger partial charge in [0.15, 0.2) is 0 Å². The zero-order valence-electron chi connectivity index (χ0n) is 14.2. The van der Waals surface area contributed by atoms with Crippen molar-refractivity contribution < 1.29 is 9.53 Å². The average Bonchev–Trinajstić information content (AvgIpc) is 2.84. The highest BCUT2D eigenvalue weighted by atomic mass is 16.5. The summed E-state index contributed by atoms with van der Waals surface area (Å²) in [5.74, 6) is 0.912. The van der Waals surface area contributed by atoms with Crippen molar-refractivity contribution in [2.24, 2.45) is 17.1 Å². The Kier molecular flexibility index (Phi) is 4.99. The van der Waals surface area contributed by atoms with Crippen LogP contribution in [0.25, 0.3) is 0 Å². The summed E-state index contributed by atoms with van der Waals surface area (Å²) in [5.41, 5.74) is 5.37. The number of rotatable bonds is 4. The predicted molar refractivity (Wildman–Crippen MR) is 84.9 cm³/mol. The Balaban J connectivity index is 2.16. The maximum absolute atomic E-state index is 13.2. The molecule has 1 saturated heterocycles. The fourth-order valence-corrected chi connectivity index (χ4v) is 4.25. The Morgan fingerprint density at radius 1 is 1.33 bits per heavy atom. The van der Waals surface area contributed by atoms with Crippen LogP contribution in [0, 0.1) is 11.3 Å². The molecule has 0 aromatic heterocycles. The molecule has 1 amide bonds. The maximum Gasteiger partial charge on any atom is 0.228 e. The third kappa shape index (κ3) is 3.78. The quantitative estimate of drug-likeness (QED) is 0.867. The highest BCUT2D eigenvalue weighted by Gasteiger charge is 2.46. The van der Waals surface area contributed by atoms with Gasteiger partial charge in [-0.1, -0.05) is 26.7 Å². The molecule has 2 N–H and O–H groups in total. The Hall–Kier alpha value is -0.610. The van der Waals surface area contributed by atoms with Crippen molar-refractivity contribution in [2.45, 2.75) is 71.5 Å². The number of amides is 1. The second-order valence-corrected chi connectivity index (χ2v) is 8.01. The van der Waals surface area contributed by atoms with Gasteiger partial charge in [-0.15, -0.1) is 0 Å². The molecule has 0 spiro atoms. The fourth-order valence-electron chi connectivity index (χ4n) is 4.25. The van der Waals surface area contributed by atoms with E-state index < -0.39 is 0 Å². The van der Waals surface area contributed by atoms with Gasteiger partial charge in [0.2, 0.25) is 5.91 Å². The lowest BCUT2D eigenvalue weighted by atomic mass is 9.77. The van der Waals surface area contributed by atoms with Crippen LogP contribution in [0.5, 0.6) is 0 Å². The first-order chi connectivity index (χ1) is 9.78. The summed E-state index contributed by atoms with van der Waals surface area (Å²) < 4.78 is 5.96. The molecule has 1 saturated carbocycles. The molecule has 21 heavy (non-hydrogen) atoms. The van der Waals surface area contributed by atoms with Gasteiger partial charge in [0.25, 0.3) is 0 Å². The molecule has 0 bridgehead atoms. The summed E-state index contributed by atoms with van der Waals surface area (Å²) in [6.07, 6.45) is 5.45. The summed E-state index contributed by atoms with van der Waals surface area (Å²) in [4.78, 5) is 15.3. The smallest absolute Gasteiger partial charge is 0.228 e. The monoisotopic (exact) mass is 296 g/mol. The molecular weight excluding hydrogens is 264 g/mol. The van der Waals surface area contributed by atoms with Gasteiger partial charge in [0.1, 0.15) is 0 Å². The molecule has 1 unspecified atom stereocenters. The van der Waals surface area contributed by atoms with Crippen molar-refractivity contribution >= 4 is 5.91 Å². The Labute approximate surface area is 129 Å². The maximum atomic E-state index is 13.2. The Bertz CT molecular complexity index is 373. The molecule has 0 aromatic rings. The number of hydrogen-bond acceptors (Lipinski definition) is 3. The second-order valence-electron chi connectivity index (χ2n) is 8.01. The van der Waals surface area contributed by atoms with E-state index in [1.165, 1.54) is 12.8 Å². The largest absolute Gasteiger partial charge is 0.367 e. The predicted octanol–water partition coefficient (Wildman–Crippen LogP) is 2.56. The van der Waals surface area contributed by atoms with Gasteiger partial charge in [-0.25, -0.2) is 0 Å². The molecule has 1 aliphatic heterocycles. The molecular formula is C17H32N2O2. The first kappa shape index (κ1) is 16.8. The van der Waals surface area contributed by atoms with Gasteiger partial charge in [-0.2, -0.15) is 0 Å². The van der Waals surface area contributed by atoms with Crippen molar-refractivity contribution in [3.8, 4) is 0 Å². The third-order valence-electron chi connectivity index (χ3n) is 4.84. The standard InChI is InChI=1S/C17H32N2O2/c1-13(2)9-17(7-5-6-8-17)15(20)19-11-14(10-18)21-16(3,4)12-19/h13-14H,5-12,18H2,1-4H3. The van der Waals surface area contributed by atoms with Gasteiger partial charge in [0.05, 0.1) is 11.7 Å². The van der Waals surface area contributed by atoms with Gasteiger partial charge in [-0.3, -0.25) is 4.79 Å². The minimum atomic E-state index is -0.296. The van der Waals surface area contributed by atoms with Gasteiger partial charge >= 0.3 is 0 Å². The highest BCUT2D eigenvalue weighted by molar-refractivity contribution is 5.83. The minimum absolute atomic E-state index is 0.0322. The number of ether oxygens (including phenoxy) is 1. The molecule has 0 radical (unpaired) electrons. The van der Waals surface area contributed by atoms with Crippen LogP contribution < -0.4 is 5.73 Å². The number of carbonyl (C=O) groups excluding carboxylic acids is 1. The lowest BCUT2D eigenvalue weighted by Crippen LogP contribution is -2.59. The Morgan fingerprint density at radius 3 is 2.48 bits per heavy atom. The van der Waals surface area contributed by atoms with Crippen molar-refractivity contribution in [1.29, 1.82) is 0 Å². The van der Waals surface area contributed by atoms with Gasteiger partial charge in [-0.05, 0) is 39.0 Å². The summed E-state index contributed by atoms with van der Waals surface area (Å²) in [6, 6.07) is 0. The summed E-state index contributed by atoms with van der Waals surface area (Å²) in [7, 11) is 0. The molecule has 0 aromatic carbocycles. The van der Waals surface area contributed by atoms with E-state index in [0.29, 0.717) is 31.5 Å². The van der Waals surface area contributed by atoms with Crippen molar-refractivity contribution in [1.82, 2.24) is 4.90 Å². The summed E-state index contributed by atoms with van der Waals surface area (Å²) in [6.45, 7) is 10.4. The van der Waals surface area contributed by atoms with Crippen molar-refractivity contribution in [3.63, 3.8) is 0 Å². The lowest BCUT2D eigenvalue weighted by molar-refractivity contribution is -0.168. The number of nitrogens with two attached hydrogens (primary N) is 1. The van der Waals surface area contributed by atoms with Crippen LogP contribution in [0.15, 0.2) is 0 Å². The Morgan fingerprint density at radius 2 is 1.95 bits per heavy atom. The minimum Gasteiger partial charge on any atom is -0.367 e. The van der Waals surface area contributed by atoms with E-state index >= 15 is 0 Å². The molecule has 122 valence electrons. The number of nitrogens with zero attached hydrogens (tertiary/aromatic N) is 1. The molecule has 2 fully saturated rings. The number of morpholine rings is 1. The lowest BCUT2D eigenvalue weighted by Gasteiger charge is -2.45. The summed E-state index contributed by atoms with van der Waals surface area (Å²) >= 11 is 0. The molecule has 4 heteroatoms. The molecule has 2 aliphatic rings. The average molecular weight is 296 g/mol. The first-order valence-electron chi connectivity index (χ1n) is 8.45. The number of carbonyl (C=O) groups is 1. The molecule has 1 aliphatic carbocycles. The van der Waals surface area contributed by atoms with Crippen LogP contribution in [-0.2, 0) is 9.53 Å². The SMILES string of the molecule is CC(C)CC1(C(=O)N2CC(CN)OC(C)(C)C2)CCCC1. The van der Waals surface area contributed by atoms with E-state index in [0.717, 1.165) is 19.3 Å². The second kappa shape index (κ2) is 6.25.